The number of ether oxygens (including phenoxy) is 1. The largest absolute Gasteiger partial charge is 0.450 e. The summed E-state index contributed by atoms with van der Waals surface area (Å²) in [5.74, 6) is -1.67. The van der Waals surface area contributed by atoms with Gasteiger partial charge in [-0.05, 0) is 51.0 Å². The van der Waals surface area contributed by atoms with Crippen molar-refractivity contribution >= 4 is 28.5 Å². The maximum absolute atomic E-state index is 14.2. The van der Waals surface area contributed by atoms with Crippen LogP contribution in [-0.4, -0.2) is 42.5 Å². The fourth-order valence-electron chi connectivity index (χ4n) is 5.25. The Balaban J connectivity index is 1.78. The topological polar surface area (TPSA) is 80.1 Å². The Morgan fingerprint density at radius 1 is 1.09 bits per heavy atom. The summed E-state index contributed by atoms with van der Waals surface area (Å²) < 4.78 is 25.7. The molecule has 1 aromatic heterocycles. The molecule has 2 amide bonds. The molecule has 0 aliphatic carbocycles. The van der Waals surface area contributed by atoms with Crippen molar-refractivity contribution in [3.63, 3.8) is 0 Å². The summed E-state index contributed by atoms with van der Waals surface area (Å²) in [5, 5.41) is 0.000128. The zero-order valence-corrected chi connectivity index (χ0v) is 20.0. The molecule has 0 bridgehead atoms. The highest BCUT2D eigenvalue weighted by molar-refractivity contribution is 6.17. The highest BCUT2D eigenvalue weighted by Crippen LogP contribution is 2.52. The SMILES string of the molecule is CCCN1C(=O)[C@@]2(c3ccccc31)c1c(oc3ccc(F)cc3c1=O)C(=O)N2CCCOC(C)C. The molecule has 1 spiro atoms. The van der Waals surface area contributed by atoms with Crippen molar-refractivity contribution in [3.8, 4) is 0 Å². The number of anilines is 1. The van der Waals surface area contributed by atoms with Gasteiger partial charge < -0.3 is 19.0 Å². The van der Waals surface area contributed by atoms with E-state index in [4.69, 9.17) is 9.15 Å². The van der Waals surface area contributed by atoms with Crippen molar-refractivity contribution in [1.29, 1.82) is 0 Å². The molecule has 0 fully saturated rings. The summed E-state index contributed by atoms with van der Waals surface area (Å²) >= 11 is 0. The molecule has 8 heteroatoms. The maximum atomic E-state index is 14.2. The number of hydrogen-bond donors (Lipinski definition) is 0. The number of carbonyl (C=O) groups is 2. The van der Waals surface area contributed by atoms with E-state index in [9.17, 15) is 18.8 Å². The molecule has 1 atom stereocenters. The number of nitrogens with zero attached hydrogens (tertiary/aromatic N) is 2. The van der Waals surface area contributed by atoms with E-state index < -0.39 is 22.7 Å². The number of halogens is 1. The lowest BCUT2D eigenvalue weighted by Crippen LogP contribution is -2.53. The molecule has 2 aliphatic rings. The van der Waals surface area contributed by atoms with E-state index in [1.54, 1.807) is 17.0 Å². The van der Waals surface area contributed by atoms with Crippen LogP contribution in [0.2, 0.25) is 0 Å². The zero-order valence-electron chi connectivity index (χ0n) is 20.0. The second-order valence-electron chi connectivity index (χ2n) is 9.19. The Bertz CT molecular complexity index is 1400. The van der Waals surface area contributed by atoms with Gasteiger partial charge in [0.15, 0.2) is 11.0 Å². The first kappa shape index (κ1) is 23.2. The first-order chi connectivity index (χ1) is 16.8. The molecule has 3 heterocycles. The molecule has 0 saturated carbocycles. The van der Waals surface area contributed by atoms with E-state index in [1.165, 1.54) is 17.0 Å². The minimum absolute atomic E-state index is 0.000128. The van der Waals surface area contributed by atoms with Crippen LogP contribution in [0.3, 0.4) is 0 Å². The van der Waals surface area contributed by atoms with Crippen LogP contribution in [0.15, 0.2) is 51.7 Å². The summed E-state index contributed by atoms with van der Waals surface area (Å²) in [6, 6.07) is 10.8. The van der Waals surface area contributed by atoms with Gasteiger partial charge in [-0.2, -0.15) is 0 Å². The van der Waals surface area contributed by atoms with Gasteiger partial charge in [0.2, 0.25) is 5.76 Å². The van der Waals surface area contributed by atoms with E-state index in [-0.39, 0.29) is 40.8 Å². The first-order valence-corrected chi connectivity index (χ1v) is 11.9. The molecule has 0 N–H and O–H groups in total. The van der Waals surface area contributed by atoms with Crippen LogP contribution >= 0.6 is 0 Å². The predicted octanol–water partition coefficient (Wildman–Crippen LogP) is 4.20. The second kappa shape index (κ2) is 8.61. The first-order valence-electron chi connectivity index (χ1n) is 11.9. The lowest BCUT2D eigenvalue weighted by Gasteiger charge is -2.34. The Hall–Kier alpha value is -3.52. The molecule has 3 aromatic rings. The van der Waals surface area contributed by atoms with Crippen molar-refractivity contribution in [2.45, 2.75) is 45.3 Å². The van der Waals surface area contributed by atoms with Crippen molar-refractivity contribution in [2.24, 2.45) is 0 Å². The molecular formula is C27H27FN2O5. The standard InChI is InChI=1S/C27H27FN2O5/c1-4-12-29-20-9-6-5-8-19(20)27(26(29)33)22-23(31)18-15-17(28)10-11-21(18)35-24(22)25(32)30(27)13-7-14-34-16(2)3/h5-6,8-11,15-16H,4,7,12-14H2,1-3H3/t27-/m1/s1. The number of rotatable bonds is 7. The molecule has 2 aliphatic heterocycles. The van der Waals surface area contributed by atoms with Crippen molar-refractivity contribution in [2.75, 3.05) is 24.6 Å². The van der Waals surface area contributed by atoms with Crippen LogP contribution in [0.25, 0.3) is 11.0 Å². The number of hydrogen-bond acceptors (Lipinski definition) is 5. The second-order valence-corrected chi connectivity index (χ2v) is 9.19. The molecule has 35 heavy (non-hydrogen) atoms. The Labute approximate surface area is 202 Å². The summed E-state index contributed by atoms with van der Waals surface area (Å²) in [4.78, 5) is 44.9. The highest BCUT2D eigenvalue weighted by Gasteiger charge is 2.64. The monoisotopic (exact) mass is 478 g/mol. The van der Waals surface area contributed by atoms with Gasteiger partial charge in [-0.25, -0.2) is 4.39 Å². The average Bonchev–Trinajstić information content (AvgIpc) is 3.22. The third-order valence-corrected chi connectivity index (χ3v) is 6.62. The Morgan fingerprint density at radius 2 is 1.86 bits per heavy atom. The van der Waals surface area contributed by atoms with Crippen LogP contribution in [0.5, 0.6) is 0 Å². The summed E-state index contributed by atoms with van der Waals surface area (Å²) in [6.45, 7) is 6.80. The van der Waals surface area contributed by atoms with E-state index in [1.807, 2.05) is 32.9 Å². The van der Waals surface area contributed by atoms with E-state index in [0.29, 0.717) is 37.2 Å². The normalized spacial score (nSPS) is 18.9. The van der Waals surface area contributed by atoms with Gasteiger partial charge in [0.25, 0.3) is 11.8 Å². The van der Waals surface area contributed by atoms with Gasteiger partial charge in [-0.1, -0.05) is 25.1 Å². The molecule has 5 rings (SSSR count). The molecule has 0 saturated heterocycles. The predicted molar refractivity (Wildman–Crippen MR) is 129 cm³/mol. The smallest absolute Gasteiger partial charge is 0.291 e. The van der Waals surface area contributed by atoms with Crippen molar-refractivity contribution in [1.82, 2.24) is 4.90 Å². The van der Waals surface area contributed by atoms with Crippen LogP contribution in [0, 0.1) is 5.82 Å². The van der Waals surface area contributed by atoms with Gasteiger partial charge >= 0.3 is 0 Å². The molecule has 0 unspecified atom stereocenters. The van der Waals surface area contributed by atoms with Crippen molar-refractivity contribution in [3.05, 3.63) is 75.4 Å². The third-order valence-electron chi connectivity index (χ3n) is 6.62. The molecule has 182 valence electrons. The van der Waals surface area contributed by atoms with Crippen LogP contribution in [0.1, 0.15) is 55.3 Å². The zero-order chi connectivity index (χ0) is 24.9. The minimum Gasteiger partial charge on any atom is -0.450 e. The quantitative estimate of drug-likeness (QED) is 0.476. The lowest BCUT2D eigenvalue weighted by atomic mass is 9.84. The van der Waals surface area contributed by atoms with E-state index in [2.05, 4.69) is 0 Å². The maximum Gasteiger partial charge on any atom is 0.291 e. The van der Waals surface area contributed by atoms with Gasteiger partial charge in [-0.3, -0.25) is 14.4 Å². The minimum atomic E-state index is -1.67. The van der Waals surface area contributed by atoms with E-state index in [0.717, 1.165) is 6.07 Å². The van der Waals surface area contributed by atoms with Crippen LogP contribution in [-0.2, 0) is 15.1 Å². The average molecular weight is 479 g/mol. The van der Waals surface area contributed by atoms with Crippen LogP contribution < -0.4 is 10.3 Å². The van der Waals surface area contributed by atoms with Gasteiger partial charge in [0, 0.05) is 25.3 Å². The molecule has 7 nitrogen and oxygen atoms in total. The highest BCUT2D eigenvalue weighted by atomic mass is 19.1. The summed E-state index contributed by atoms with van der Waals surface area (Å²) in [6.07, 6.45) is 1.18. The van der Waals surface area contributed by atoms with Gasteiger partial charge in [0.1, 0.15) is 11.4 Å². The fourth-order valence-corrected chi connectivity index (χ4v) is 5.25. The summed E-state index contributed by atoms with van der Waals surface area (Å²) in [5.41, 5.74) is -0.969. The molecule has 2 aromatic carbocycles. The fraction of sp³-hybridized carbons (Fsp3) is 0.370. The molecule has 0 radical (unpaired) electrons. The molecular weight excluding hydrogens is 451 g/mol. The number of benzene rings is 2. The Kier molecular flexibility index (Phi) is 5.71. The number of amides is 2. The van der Waals surface area contributed by atoms with Crippen LogP contribution in [0.4, 0.5) is 10.1 Å². The Morgan fingerprint density at radius 3 is 2.60 bits per heavy atom. The van der Waals surface area contributed by atoms with Gasteiger partial charge in [0.05, 0.1) is 22.7 Å². The summed E-state index contributed by atoms with van der Waals surface area (Å²) in [7, 11) is 0. The number of carbonyl (C=O) groups excluding carboxylic acids is 2. The lowest BCUT2D eigenvalue weighted by molar-refractivity contribution is -0.126. The van der Waals surface area contributed by atoms with E-state index >= 15 is 0 Å². The van der Waals surface area contributed by atoms with Crippen molar-refractivity contribution < 1.29 is 23.1 Å². The number of fused-ring (bicyclic) bond motifs is 5. The number of para-hydroxylation sites is 1. The third kappa shape index (κ3) is 3.31. The van der Waals surface area contributed by atoms with Gasteiger partial charge in [-0.15, -0.1) is 0 Å².